The number of rotatable bonds is 4. The smallest absolute Gasteiger partial charge is 0.240 e. The van der Waals surface area contributed by atoms with Crippen molar-refractivity contribution in [2.24, 2.45) is 0 Å². The first-order valence-electron chi connectivity index (χ1n) is 11.3. The monoisotopic (exact) mass is 468 g/mol. The molecule has 0 bridgehead atoms. The first-order valence-corrected chi connectivity index (χ1v) is 12.2. The summed E-state index contributed by atoms with van der Waals surface area (Å²) < 4.78 is 16.4. The Morgan fingerprint density at radius 1 is 1.12 bits per heavy atom. The minimum absolute atomic E-state index is 0.00824. The lowest BCUT2D eigenvalue weighted by atomic mass is 9.97. The molecule has 5 rings (SSSR count). The van der Waals surface area contributed by atoms with Crippen LogP contribution in [0.15, 0.2) is 36.4 Å². The van der Waals surface area contributed by atoms with Gasteiger partial charge in [0.25, 0.3) is 0 Å². The van der Waals surface area contributed by atoms with E-state index in [4.69, 9.17) is 14.2 Å². The van der Waals surface area contributed by atoms with Crippen LogP contribution in [0, 0.1) is 0 Å². The van der Waals surface area contributed by atoms with Crippen molar-refractivity contribution >= 4 is 29.1 Å². The lowest BCUT2D eigenvalue weighted by Gasteiger charge is -2.27. The molecule has 1 amide bonds. The summed E-state index contributed by atoms with van der Waals surface area (Å²) in [5.74, 6) is 1.25. The van der Waals surface area contributed by atoms with Crippen molar-refractivity contribution in [3.05, 3.63) is 53.1 Å². The van der Waals surface area contributed by atoms with Gasteiger partial charge in [0.05, 0.1) is 23.7 Å². The zero-order valence-corrected chi connectivity index (χ0v) is 19.7. The van der Waals surface area contributed by atoms with Gasteiger partial charge >= 0.3 is 0 Å². The van der Waals surface area contributed by atoms with Crippen LogP contribution in [0.5, 0.6) is 11.5 Å². The number of thioether (sulfide) groups is 1. The highest BCUT2D eigenvalue weighted by Crippen LogP contribution is 2.40. The highest BCUT2D eigenvalue weighted by molar-refractivity contribution is 8.02. The summed E-state index contributed by atoms with van der Waals surface area (Å²) in [4.78, 5) is 30.5. The summed E-state index contributed by atoms with van der Waals surface area (Å²) in [6.45, 7) is 6.35. The van der Waals surface area contributed by atoms with E-state index < -0.39 is 0 Å². The number of Topliss-reactive ketones (excluding diaryl/α,β-unsaturated/α-hetero) is 1. The Hall–Kier alpha value is -2.55. The van der Waals surface area contributed by atoms with E-state index >= 15 is 0 Å². The van der Waals surface area contributed by atoms with Crippen molar-refractivity contribution < 1.29 is 23.8 Å². The lowest BCUT2D eigenvalue weighted by Crippen LogP contribution is -2.36. The van der Waals surface area contributed by atoms with Gasteiger partial charge in [-0.25, -0.2) is 0 Å². The summed E-state index contributed by atoms with van der Waals surface area (Å²) >= 11 is 1.43. The van der Waals surface area contributed by atoms with Gasteiger partial charge in [0.1, 0.15) is 0 Å². The molecule has 2 aromatic carbocycles. The summed E-state index contributed by atoms with van der Waals surface area (Å²) in [6, 6.07) is 11.8. The molecule has 1 saturated heterocycles. The Morgan fingerprint density at radius 3 is 2.55 bits per heavy atom. The molecule has 1 fully saturated rings. The Balaban J connectivity index is 1.31. The van der Waals surface area contributed by atoms with E-state index in [-0.39, 0.29) is 29.0 Å². The van der Waals surface area contributed by atoms with Crippen LogP contribution in [-0.4, -0.2) is 67.2 Å². The molecule has 3 heterocycles. The van der Waals surface area contributed by atoms with Gasteiger partial charge in [-0.05, 0) is 48.7 Å². The Kier molecular flexibility index (Phi) is 6.32. The van der Waals surface area contributed by atoms with Crippen LogP contribution in [0.25, 0.3) is 0 Å². The second-order valence-corrected chi connectivity index (χ2v) is 10.2. The van der Waals surface area contributed by atoms with Crippen molar-refractivity contribution in [1.82, 2.24) is 4.90 Å². The summed E-state index contributed by atoms with van der Waals surface area (Å²) in [5.41, 5.74) is 3.54. The summed E-state index contributed by atoms with van der Waals surface area (Å²) in [6.07, 6.45) is 0.477. The van der Waals surface area contributed by atoms with Gasteiger partial charge < -0.3 is 19.1 Å². The fourth-order valence-electron chi connectivity index (χ4n) is 4.49. The number of benzene rings is 2. The molecule has 0 radical (unpaired) electrons. The molecular formula is C25H28N2O5S. The fraction of sp³-hybridized carbons (Fsp3) is 0.440. The van der Waals surface area contributed by atoms with Crippen LogP contribution in [0.3, 0.4) is 0 Å². The van der Waals surface area contributed by atoms with Crippen LogP contribution in [0.1, 0.15) is 28.4 Å². The second-order valence-electron chi connectivity index (χ2n) is 8.65. The normalized spacial score (nSPS) is 22.5. The summed E-state index contributed by atoms with van der Waals surface area (Å²) in [5, 5.41) is -0.673. The minimum atomic E-state index is -0.358. The topological polar surface area (TPSA) is 68.3 Å². The van der Waals surface area contributed by atoms with Crippen LogP contribution < -0.4 is 14.4 Å². The maximum Gasteiger partial charge on any atom is 0.240 e. The molecular weight excluding hydrogens is 440 g/mol. The highest BCUT2D eigenvalue weighted by Gasteiger charge is 2.35. The van der Waals surface area contributed by atoms with Crippen molar-refractivity contribution in [3.63, 3.8) is 0 Å². The number of ether oxygens (including phenoxy) is 3. The molecule has 3 aliphatic heterocycles. The van der Waals surface area contributed by atoms with Gasteiger partial charge in [-0.2, -0.15) is 0 Å². The van der Waals surface area contributed by atoms with E-state index in [1.165, 1.54) is 17.3 Å². The first-order chi connectivity index (χ1) is 16.0. The van der Waals surface area contributed by atoms with E-state index in [0.29, 0.717) is 23.5 Å². The molecule has 33 heavy (non-hydrogen) atoms. The number of nitrogens with zero attached hydrogens (tertiary/aromatic N) is 2. The number of amides is 1. The van der Waals surface area contributed by atoms with Gasteiger partial charge in [0.15, 0.2) is 17.3 Å². The van der Waals surface area contributed by atoms with E-state index in [1.54, 1.807) is 18.0 Å². The quantitative estimate of drug-likeness (QED) is 0.683. The maximum atomic E-state index is 13.5. The average Bonchev–Trinajstić information content (AvgIpc) is 3.25. The average molecular weight is 469 g/mol. The molecule has 0 aromatic heterocycles. The first kappa shape index (κ1) is 22.3. The lowest BCUT2D eigenvalue weighted by molar-refractivity contribution is -0.117. The van der Waals surface area contributed by atoms with E-state index in [9.17, 15) is 9.59 Å². The predicted octanol–water partition coefficient (Wildman–Crippen LogP) is 3.14. The molecule has 174 valence electrons. The zero-order chi connectivity index (χ0) is 22.9. The molecule has 0 aliphatic carbocycles. The van der Waals surface area contributed by atoms with Crippen molar-refractivity contribution in [1.29, 1.82) is 0 Å². The molecule has 0 spiro atoms. The van der Waals surface area contributed by atoms with Gasteiger partial charge in [-0.3, -0.25) is 14.5 Å². The number of carbonyl (C=O) groups excluding carboxylic acids is 2. The SMILES string of the molecule is C[C@@H]1S[C@@H](C(=O)N(C)c2ccc(CN3CCOCC3)cc2)Cc2cc3c(cc2C1=O)OCO3. The summed E-state index contributed by atoms with van der Waals surface area (Å²) in [7, 11) is 1.80. The predicted molar refractivity (Wildman–Crippen MR) is 127 cm³/mol. The number of ketones is 1. The number of morpholine rings is 1. The van der Waals surface area contributed by atoms with Gasteiger partial charge in [-0.1, -0.05) is 12.1 Å². The number of carbonyl (C=O) groups is 2. The Morgan fingerprint density at radius 2 is 1.82 bits per heavy atom. The van der Waals surface area contributed by atoms with Crippen molar-refractivity contribution in [3.8, 4) is 11.5 Å². The molecule has 7 nitrogen and oxygen atoms in total. The molecule has 0 saturated carbocycles. The molecule has 8 heteroatoms. The molecule has 0 N–H and O–H groups in total. The van der Waals surface area contributed by atoms with Crippen LogP contribution in [-0.2, 0) is 22.5 Å². The fourth-order valence-corrected chi connectivity index (χ4v) is 5.78. The standard InChI is InChI=1S/C25H28N2O5S/c1-16-24(28)20-13-22-21(31-15-32-22)11-18(20)12-23(33-16)25(29)26(2)19-5-3-17(4-6-19)14-27-7-9-30-10-8-27/h3-6,11,13,16,23H,7-10,12,14-15H2,1-2H3/t16-,23+/m0/s1. The van der Waals surface area contributed by atoms with Crippen LogP contribution in [0.4, 0.5) is 5.69 Å². The molecule has 2 atom stereocenters. The largest absolute Gasteiger partial charge is 0.454 e. The number of anilines is 1. The number of fused-ring (bicyclic) bond motifs is 2. The maximum absolute atomic E-state index is 13.5. The van der Waals surface area contributed by atoms with Crippen molar-refractivity contribution in [2.45, 2.75) is 30.4 Å². The van der Waals surface area contributed by atoms with Gasteiger partial charge in [0.2, 0.25) is 12.7 Å². The third kappa shape index (κ3) is 4.60. The highest BCUT2D eigenvalue weighted by atomic mass is 32.2. The number of hydrogen-bond acceptors (Lipinski definition) is 7. The zero-order valence-electron chi connectivity index (χ0n) is 18.9. The Bertz CT molecular complexity index is 1050. The molecule has 2 aromatic rings. The second kappa shape index (κ2) is 9.37. The Labute approximate surface area is 198 Å². The minimum Gasteiger partial charge on any atom is -0.454 e. The van der Waals surface area contributed by atoms with Crippen molar-refractivity contribution in [2.75, 3.05) is 45.0 Å². The third-order valence-electron chi connectivity index (χ3n) is 6.45. The number of hydrogen-bond donors (Lipinski definition) is 0. The molecule has 3 aliphatic rings. The third-order valence-corrected chi connectivity index (χ3v) is 7.77. The van der Waals surface area contributed by atoms with Crippen LogP contribution in [0.2, 0.25) is 0 Å². The van der Waals surface area contributed by atoms with E-state index in [0.717, 1.165) is 44.1 Å². The van der Waals surface area contributed by atoms with E-state index in [2.05, 4.69) is 17.0 Å². The van der Waals surface area contributed by atoms with Gasteiger partial charge in [-0.15, -0.1) is 11.8 Å². The van der Waals surface area contributed by atoms with Gasteiger partial charge in [0, 0.05) is 37.9 Å². The molecule has 0 unspecified atom stereocenters. The van der Waals surface area contributed by atoms with E-state index in [1.807, 2.05) is 25.1 Å². The van der Waals surface area contributed by atoms with Crippen LogP contribution >= 0.6 is 11.8 Å².